The number of thiazole rings is 1. The Bertz CT molecular complexity index is 1060. The summed E-state index contributed by atoms with van der Waals surface area (Å²) in [7, 11) is -2.41. The van der Waals surface area contributed by atoms with Crippen molar-refractivity contribution < 1.29 is 13.2 Å². The molecule has 6 nitrogen and oxygen atoms in total. The Morgan fingerprint density at radius 3 is 2.62 bits per heavy atom. The summed E-state index contributed by atoms with van der Waals surface area (Å²) in [5.41, 5.74) is 1.47. The Hall–Kier alpha value is -2.00. The first-order valence-corrected chi connectivity index (χ1v) is 10.3. The summed E-state index contributed by atoms with van der Waals surface area (Å²) in [4.78, 5) is 16.7. The second-order valence-corrected chi connectivity index (χ2v) is 9.39. The maximum Gasteiger partial charge on any atom is 0.243 e. The summed E-state index contributed by atoms with van der Waals surface area (Å²) in [5, 5.41) is 4.10. The van der Waals surface area contributed by atoms with Crippen LogP contribution in [0.25, 0.3) is 10.2 Å². The van der Waals surface area contributed by atoms with Crippen LogP contribution in [0.4, 0.5) is 5.69 Å². The summed E-state index contributed by atoms with van der Waals surface area (Å²) in [6, 6.07) is 11.2. The smallest absolute Gasteiger partial charge is 0.243 e. The van der Waals surface area contributed by atoms with Crippen molar-refractivity contribution in [2.45, 2.75) is 11.8 Å². The van der Waals surface area contributed by atoms with Gasteiger partial charge in [0, 0.05) is 17.8 Å². The zero-order chi connectivity index (χ0) is 18.9. The minimum atomic E-state index is -3.77. The van der Waals surface area contributed by atoms with Gasteiger partial charge in [0.1, 0.15) is 0 Å². The molecule has 0 aliphatic heterocycles. The van der Waals surface area contributed by atoms with Crippen molar-refractivity contribution in [3.05, 3.63) is 52.5 Å². The number of sulfonamides is 1. The van der Waals surface area contributed by atoms with Crippen molar-refractivity contribution in [2.24, 2.45) is 0 Å². The summed E-state index contributed by atoms with van der Waals surface area (Å²) >= 11 is 7.31. The number of likely N-dealkylation sites (N-methyl/N-ethyl adjacent to an activating group) is 1. The molecule has 0 spiro atoms. The molecular formula is C17H16ClN3O3S2. The van der Waals surface area contributed by atoms with Gasteiger partial charge < -0.3 is 5.32 Å². The lowest BCUT2D eigenvalue weighted by Crippen LogP contribution is -2.34. The molecule has 0 saturated carbocycles. The molecule has 1 amide bonds. The second kappa shape index (κ2) is 7.32. The third-order valence-corrected chi connectivity index (χ3v) is 6.67. The third-order valence-electron chi connectivity index (χ3n) is 3.67. The van der Waals surface area contributed by atoms with Gasteiger partial charge in [-0.2, -0.15) is 4.31 Å². The van der Waals surface area contributed by atoms with Gasteiger partial charge in [-0.05, 0) is 49.4 Å². The Kier molecular flexibility index (Phi) is 5.29. The van der Waals surface area contributed by atoms with E-state index in [2.05, 4.69) is 10.3 Å². The highest BCUT2D eigenvalue weighted by Gasteiger charge is 2.23. The zero-order valence-electron chi connectivity index (χ0n) is 14.1. The lowest BCUT2D eigenvalue weighted by Gasteiger charge is -2.17. The summed E-state index contributed by atoms with van der Waals surface area (Å²) < 4.78 is 27.0. The molecule has 0 radical (unpaired) electrons. The van der Waals surface area contributed by atoms with E-state index in [-0.39, 0.29) is 11.4 Å². The average Bonchev–Trinajstić information content (AvgIpc) is 2.94. The number of anilines is 1. The predicted molar refractivity (Wildman–Crippen MR) is 104 cm³/mol. The minimum Gasteiger partial charge on any atom is -0.325 e. The maximum absolute atomic E-state index is 12.5. The first-order chi connectivity index (χ1) is 12.3. The van der Waals surface area contributed by atoms with Crippen LogP contribution in [-0.2, 0) is 14.8 Å². The number of hydrogen-bond donors (Lipinski definition) is 1. The number of aromatic nitrogens is 1. The van der Waals surface area contributed by atoms with E-state index in [1.54, 1.807) is 6.07 Å². The van der Waals surface area contributed by atoms with E-state index in [4.69, 9.17) is 11.6 Å². The quantitative estimate of drug-likeness (QED) is 0.699. The van der Waals surface area contributed by atoms with Crippen LogP contribution in [-0.4, -0.2) is 37.2 Å². The number of hydrogen-bond acceptors (Lipinski definition) is 5. The number of amides is 1. The monoisotopic (exact) mass is 409 g/mol. The van der Waals surface area contributed by atoms with E-state index >= 15 is 0 Å². The first-order valence-electron chi connectivity index (χ1n) is 7.64. The van der Waals surface area contributed by atoms with Crippen LogP contribution in [0, 0.1) is 6.92 Å². The molecule has 0 unspecified atom stereocenters. The number of fused-ring (bicyclic) bond motifs is 1. The van der Waals surface area contributed by atoms with E-state index < -0.39 is 15.9 Å². The Balaban J connectivity index is 1.70. The fourth-order valence-corrected chi connectivity index (χ4v) is 4.51. The normalized spacial score (nSPS) is 11.8. The zero-order valence-corrected chi connectivity index (χ0v) is 16.5. The van der Waals surface area contributed by atoms with Gasteiger partial charge in [0.15, 0.2) is 0 Å². The van der Waals surface area contributed by atoms with Crippen LogP contribution >= 0.6 is 22.9 Å². The lowest BCUT2D eigenvalue weighted by atomic mass is 10.3. The maximum atomic E-state index is 12.5. The van der Waals surface area contributed by atoms with Crippen molar-refractivity contribution in [3.8, 4) is 0 Å². The van der Waals surface area contributed by atoms with Gasteiger partial charge in [-0.1, -0.05) is 11.6 Å². The second-order valence-electron chi connectivity index (χ2n) is 5.68. The van der Waals surface area contributed by atoms with Gasteiger partial charge >= 0.3 is 0 Å². The number of rotatable bonds is 5. The summed E-state index contributed by atoms with van der Waals surface area (Å²) in [5.74, 6) is -0.425. The number of benzene rings is 2. The van der Waals surface area contributed by atoms with E-state index in [9.17, 15) is 13.2 Å². The van der Waals surface area contributed by atoms with Crippen LogP contribution in [0.1, 0.15) is 5.01 Å². The van der Waals surface area contributed by atoms with Gasteiger partial charge in [-0.25, -0.2) is 13.4 Å². The van der Waals surface area contributed by atoms with E-state index in [1.807, 2.05) is 19.1 Å². The highest BCUT2D eigenvalue weighted by molar-refractivity contribution is 7.89. The average molecular weight is 410 g/mol. The first kappa shape index (κ1) is 18.8. The molecular weight excluding hydrogens is 394 g/mol. The van der Waals surface area contributed by atoms with Crippen molar-refractivity contribution >= 4 is 54.8 Å². The van der Waals surface area contributed by atoms with E-state index in [1.165, 1.54) is 42.6 Å². The minimum absolute atomic E-state index is 0.0822. The molecule has 2 aromatic carbocycles. The molecule has 1 heterocycles. The molecule has 9 heteroatoms. The van der Waals surface area contributed by atoms with Crippen LogP contribution in [0.3, 0.4) is 0 Å². The Morgan fingerprint density at radius 2 is 1.92 bits per heavy atom. The molecule has 136 valence electrons. The molecule has 0 bridgehead atoms. The third kappa shape index (κ3) is 4.04. The molecule has 26 heavy (non-hydrogen) atoms. The van der Waals surface area contributed by atoms with Crippen molar-refractivity contribution in [3.63, 3.8) is 0 Å². The molecule has 3 rings (SSSR count). The largest absolute Gasteiger partial charge is 0.325 e. The molecule has 3 aromatic rings. The fraction of sp³-hybridized carbons (Fsp3) is 0.176. The highest BCUT2D eigenvalue weighted by Crippen LogP contribution is 2.25. The van der Waals surface area contributed by atoms with Crippen molar-refractivity contribution in [1.82, 2.24) is 9.29 Å². The topological polar surface area (TPSA) is 79.4 Å². The molecule has 0 saturated heterocycles. The summed E-state index contributed by atoms with van der Waals surface area (Å²) in [6.45, 7) is 1.62. The Morgan fingerprint density at radius 1 is 1.23 bits per heavy atom. The number of nitrogens with one attached hydrogen (secondary N) is 1. The number of nitrogens with zero attached hydrogens (tertiary/aromatic N) is 2. The standard InChI is InChI=1S/C17H16ClN3O3S2/c1-11-19-15-8-5-13(9-16(15)25-11)20-17(22)10-21(2)26(23,24)14-6-3-12(18)4-7-14/h3-9H,10H2,1-2H3,(H,20,22). The lowest BCUT2D eigenvalue weighted by molar-refractivity contribution is -0.116. The summed E-state index contributed by atoms with van der Waals surface area (Å²) in [6.07, 6.45) is 0. The van der Waals surface area contributed by atoms with Crippen LogP contribution < -0.4 is 5.32 Å². The molecule has 0 atom stereocenters. The van der Waals surface area contributed by atoms with Crippen molar-refractivity contribution in [1.29, 1.82) is 0 Å². The van der Waals surface area contributed by atoms with Crippen molar-refractivity contribution in [2.75, 3.05) is 18.9 Å². The van der Waals surface area contributed by atoms with E-state index in [0.717, 1.165) is 19.5 Å². The van der Waals surface area contributed by atoms with Gasteiger partial charge in [0.05, 0.1) is 26.7 Å². The molecule has 0 aliphatic carbocycles. The van der Waals surface area contributed by atoms with Crippen LogP contribution in [0.2, 0.25) is 5.02 Å². The number of aryl methyl sites for hydroxylation is 1. The number of carbonyl (C=O) groups is 1. The van der Waals surface area contributed by atoms with Crippen LogP contribution in [0.15, 0.2) is 47.4 Å². The predicted octanol–water partition coefficient (Wildman–Crippen LogP) is 3.52. The fourth-order valence-electron chi connectivity index (χ4n) is 2.39. The Labute approximate surface area is 160 Å². The SMILES string of the molecule is Cc1nc2ccc(NC(=O)CN(C)S(=O)(=O)c3ccc(Cl)cc3)cc2s1. The van der Waals surface area contributed by atoms with Gasteiger partial charge in [-0.3, -0.25) is 4.79 Å². The molecule has 0 aliphatic rings. The molecule has 1 N–H and O–H groups in total. The van der Waals surface area contributed by atoms with Crippen LogP contribution in [0.5, 0.6) is 0 Å². The number of halogens is 1. The number of carbonyl (C=O) groups excluding carboxylic acids is 1. The van der Waals surface area contributed by atoms with Gasteiger partial charge in [-0.15, -0.1) is 11.3 Å². The van der Waals surface area contributed by atoms with Gasteiger partial charge in [0.2, 0.25) is 15.9 Å². The van der Waals surface area contributed by atoms with E-state index in [0.29, 0.717) is 10.7 Å². The van der Waals surface area contributed by atoms with Gasteiger partial charge in [0.25, 0.3) is 0 Å². The molecule has 1 aromatic heterocycles. The molecule has 0 fully saturated rings. The highest BCUT2D eigenvalue weighted by atomic mass is 35.5.